The van der Waals surface area contributed by atoms with Gasteiger partial charge in [-0.1, -0.05) is 98.7 Å². The molecule has 7 heteroatoms. The summed E-state index contributed by atoms with van der Waals surface area (Å²) in [7, 11) is -3.82. The predicted octanol–water partition coefficient (Wildman–Crippen LogP) is 6.22. The number of sulfonamides is 1. The fraction of sp³-hybridized carbons (Fsp3) is 0.156. The molecule has 6 nitrogen and oxygen atoms in total. The van der Waals surface area contributed by atoms with Gasteiger partial charge in [0.2, 0.25) is 10.0 Å². The summed E-state index contributed by atoms with van der Waals surface area (Å²) in [6.45, 7) is 15.7. The Morgan fingerprint density at radius 2 is 1.69 bits per heavy atom. The maximum atomic E-state index is 12.7. The van der Waals surface area contributed by atoms with Crippen molar-refractivity contribution >= 4 is 27.3 Å². The van der Waals surface area contributed by atoms with Crippen LogP contribution in [0.1, 0.15) is 35.3 Å². The molecule has 2 rings (SSSR count). The van der Waals surface area contributed by atoms with Gasteiger partial charge in [0.05, 0.1) is 10.5 Å². The molecule has 0 spiro atoms. The van der Waals surface area contributed by atoms with Gasteiger partial charge >= 0.3 is 5.97 Å². The van der Waals surface area contributed by atoms with Gasteiger partial charge in [0.25, 0.3) is 0 Å². The third kappa shape index (κ3) is 9.89. The van der Waals surface area contributed by atoms with E-state index in [9.17, 15) is 13.2 Å². The van der Waals surface area contributed by atoms with Gasteiger partial charge in [-0.25, -0.2) is 17.9 Å². The van der Waals surface area contributed by atoms with E-state index in [0.29, 0.717) is 12.2 Å². The Morgan fingerprint density at radius 1 is 0.974 bits per heavy atom. The van der Waals surface area contributed by atoms with Crippen LogP contribution in [-0.4, -0.2) is 34.1 Å². The molecule has 0 fully saturated rings. The third-order valence-electron chi connectivity index (χ3n) is 5.55. The fourth-order valence-electron chi connectivity index (χ4n) is 3.45. The van der Waals surface area contributed by atoms with Crippen LogP contribution in [0.25, 0.3) is 11.3 Å². The highest BCUT2D eigenvalue weighted by Gasteiger charge is 2.17. The lowest BCUT2D eigenvalue weighted by atomic mass is 10.0. The minimum absolute atomic E-state index is 0.0180. The average Bonchev–Trinajstić information content (AvgIpc) is 2.95. The van der Waals surface area contributed by atoms with E-state index in [1.165, 1.54) is 24.3 Å². The molecule has 39 heavy (non-hydrogen) atoms. The second-order valence-electron chi connectivity index (χ2n) is 8.29. The largest absolute Gasteiger partial charge is 0.460 e. The lowest BCUT2D eigenvalue weighted by molar-refractivity contribution is 0.0512. The summed E-state index contributed by atoms with van der Waals surface area (Å²) in [6, 6.07) is 13.7. The second kappa shape index (κ2) is 15.9. The molecule has 2 aromatic rings. The lowest BCUT2D eigenvalue weighted by Gasteiger charge is -2.12. The summed E-state index contributed by atoms with van der Waals surface area (Å²) in [6.07, 6.45) is 14.6. The van der Waals surface area contributed by atoms with Crippen LogP contribution in [0.5, 0.6) is 0 Å². The number of allylic oxidation sites excluding steroid dienone is 8. The highest BCUT2D eigenvalue weighted by Crippen LogP contribution is 2.19. The molecular weight excluding hydrogens is 508 g/mol. The first-order valence-electron chi connectivity index (χ1n) is 12.5. The summed E-state index contributed by atoms with van der Waals surface area (Å²) in [5.41, 5.74) is 4.65. The van der Waals surface area contributed by atoms with Crippen LogP contribution in [0.15, 0.2) is 127 Å². The summed E-state index contributed by atoms with van der Waals surface area (Å²) < 4.78 is 33.3. The van der Waals surface area contributed by atoms with Crippen LogP contribution in [-0.2, 0) is 14.8 Å². The highest BCUT2D eigenvalue weighted by molar-refractivity contribution is 7.89. The van der Waals surface area contributed by atoms with E-state index >= 15 is 0 Å². The Bertz CT molecular complexity index is 1400. The molecule has 0 bridgehead atoms. The van der Waals surface area contributed by atoms with E-state index in [-0.39, 0.29) is 23.6 Å². The Balaban J connectivity index is 1.91. The summed E-state index contributed by atoms with van der Waals surface area (Å²) in [5, 5.41) is 3.15. The first-order valence-corrected chi connectivity index (χ1v) is 13.9. The van der Waals surface area contributed by atoms with Gasteiger partial charge in [0.15, 0.2) is 0 Å². The molecule has 204 valence electrons. The zero-order chi connectivity index (χ0) is 28.7. The number of esters is 1. The van der Waals surface area contributed by atoms with E-state index in [1.54, 1.807) is 30.4 Å². The molecule has 0 aliphatic heterocycles. The molecule has 0 saturated heterocycles. The van der Waals surface area contributed by atoms with Gasteiger partial charge in [-0.15, -0.1) is 0 Å². The topological polar surface area (TPSA) is 84.5 Å². The lowest BCUT2D eigenvalue weighted by Crippen LogP contribution is -2.26. The van der Waals surface area contributed by atoms with Gasteiger partial charge in [-0.05, 0) is 54.3 Å². The first-order chi connectivity index (χ1) is 18.7. The van der Waals surface area contributed by atoms with E-state index in [0.717, 1.165) is 22.3 Å². The van der Waals surface area contributed by atoms with Gasteiger partial charge < -0.3 is 10.1 Å². The SMILES string of the molecule is C=C/C=C\C(=C/C)CNS(=O)(=O)c1cccc(C(=O)OCCNC(=C)c2ccc(C(/C=C\C)=C/C=C)cc2)c1. The highest BCUT2D eigenvalue weighted by atomic mass is 32.2. The number of ether oxygens (including phenoxy) is 1. The fourth-order valence-corrected chi connectivity index (χ4v) is 4.51. The molecule has 0 atom stereocenters. The van der Waals surface area contributed by atoms with Crippen molar-refractivity contribution in [3.8, 4) is 0 Å². The molecule has 2 N–H and O–H groups in total. The number of hydrogen-bond acceptors (Lipinski definition) is 5. The minimum Gasteiger partial charge on any atom is -0.460 e. The molecule has 0 unspecified atom stereocenters. The van der Waals surface area contributed by atoms with Crippen LogP contribution in [0.2, 0.25) is 0 Å². The number of hydrogen-bond donors (Lipinski definition) is 2. The molecule has 0 aromatic heterocycles. The standard InChI is InChI=1S/C32H36N2O4S/c1-6-10-14-26(9-4)24-34-39(36,37)31-16-11-15-30(23-31)32(35)38-22-21-33-25(5)27-17-19-29(20-18-27)28(12-7-2)13-8-3/h6-20,23,33-34H,1-2,5,21-22,24H2,3-4H3/b13-8-,14-10-,26-9+,28-12+. The van der Waals surface area contributed by atoms with Crippen LogP contribution in [0.4, 0.5) is 0 Å². The van der Waals surface area contributed by atoms with Crippen molar-refractivity contribution in [2.24, 2.45) is 0 Å². The van der Waals surface area contributed by atoms with Gasteiger partial charge in [-0.3, -0.25) is 0 Å². The molecule has 0 saturated carbocycles. The predicted molar refractivity (Wildman–Crippen MR) is 161 cm³/mol. The monoisotopic (exact) mass is 544 g/mol. The number of carbonyl (C=O) groups is 1. The molecule has 0 amide bonds. The molecule has 0 radical (unpaired) electrons. The van der Waals surface area contributed by atoms with Crippen molar-refractivity contribution in [1.29, 1.82) is 0 Å². The van der Waals surface area contributed by atoms with Gasteiger partial charge in [0, 0.05) is 18.8 Å². The summed E-state index contributed by atoms with van der Waals surface area (Å²) >= 11 is 0. The van der Waals surface area contributed by atoms with E-state index < -0.39 is 16.0 Å². The summed E-state index contributed by atoms with van der Waals surface area (Å²) in [4.78, 5) is 12.5. The number of carbonyl (C=O) groups excluding carboxylic acids is 1. The quantitative estimate of drug-likeness (QED) is 0.158. The number of nitrogens with one attached hydrogen (secondary N) is 2. The van der Waals surface area contributed by atoms with Crippen molar-refractivity contribution in [2.45, 2.75) is 18.7 Å². The number of benzene rings is 2. The maximum Gasteiger partial charge on any atom is 0.338 e. The van der Waals surface area contributed by atoms with Crippen molar-refractivity contribution in [3.63, 3.8) is 0 Å². The van der Waals surface area contributed by atoms with Crippen molar-refractivity contribution < 1.29 is 17.9 Å². The van der Waals surface area contributed by atoms with Crippen molar-refractivity contribution in [2.75, 3.05) is 19.7 Å². The molecule has 0 aliphatic carbocycles. The molecule has 0 heterocycles. The van der Waals surface area contributed by atoms with Crippen LogP contribution in [0, 0.1) is 0 Å². The zero-order valence-corrected chi connectivity index (χ0v) is 23.3. The van der Waals surface area contributed by atoms with E-state index in [2.05, 4.69) is 29.8 Å². The van der Waals surface area contributed by atoms with Crippen molar-refractivity contribution in [1.82, 2.24) is 10.0 Å². The average molecular weight is 545 g/mol. The molecular formula is C32H36N2O4S. The Morgan fingerprint density at radius 3 is 2.33 bits per heavy atom. The minimum atomic E-state index is -3.82. The Hall–Kier alpha value is -4.20. The maximum absolute atomic E-state index is 12.7. The molecule has 0 aliphatic rings. The first kappa shape index (κ1) is 31.0. The van der Waals surface area contributed by atoms with Crippen LogP contribution in [0.3, 0.4) is 0 Å². The van der Waals surface area contributed by atoms with E-state index in [1.807, 2.05) is 56.3 Å². The Kier molecular flexibility index (Phi) is 12.7. The molecule has 2 aromatic carbocycles. The van der Waals surface area contributed by atoms with Gasteiger partial charge in [-0.2, -0.15) is 0 Å². The van der Waals surface area contributed by atoms with E-state index in [4.69, 9.17) is 4.74 Å². The zero-order valence-electron chi connectivity index (χ0n) is 22.5. The Labute approximate surface area is 232 Å². The third-order valence-corrected chi connectivity index (χ3v) is 6.95. The summed E-state index contributed by atoms with van der Waals surface area (Å²) in [5.74, 6) is -0.614. The van der Waals surface area contributed by atoms with Crippen LogP contribution >= 0.6 is 0 Å². The number of rotatable bonds is 15. The smallest absolute Gasteiger partial charge is 0.338 e. The van der Waals surface area contributed by atoms with Crippen molar-refractivity contribution in [3.05, 3.63) is 139 Å². The normalized spacial score (nSPS) is 12.5. The van der Waals surface area contributed by atoms with Crippen LogP contribution < -0.4 is 10.0 Å². The van der Waals surface area contributed by atoms with Gasteiger partial charge in [0.1, 0.15) is 6.61 Å². The second-order valence-corrected chi connectivity index (χ2v) is 10.1.